The van der Waals surface area contributed by atoms with Crippen LogP contribution in [0.4, 0.5) is 5.13 Å². The van der Waals surface area contributed by atoms with Gasteiger partial charge < -0.3 is 5.32 Å². The number of amides is 1. The number of hydrogen-bond donors (Lipinski definition) is 1. The lowest BCUT2D eigenvalue weighted by molar-refractivity contribution is -0.115. The molecule has 0 saturated carbocycles. The molecule has 0 aliphatic carbocycles. The van der Waals surface area contributed by atoms with Crippen molar-refractivity contribution in [3.8, 4) is 0 Å². The maximum Gasteiger partial charge on any atom is 0.230 e. The average Bonchev–Trinajstić information content (AvgIpc) is 3.01. The molecule has 0 spiro atoms. The van der Waals surface area contributed by atoms with Gasteiger partial charge in [-0.1, -0.05) is 24.3 Å². The van der Waals surface area contributed by atoms with Gasteiger partial charge >= 0.3 is 0 Å². The van der Waals surface area contributed by atoms with Crippen molar-refractivity contribution in [3.63, 3.8) is 0 Å². The molecule has 1 N–H and O–H groups in total. The zero-order valence-electron chi connectivity index (χ0n) is 13.8. The molecule has 120 valence electrons. The zero-order chi connectivity index (χ0) is 16.6. The van der Waals surface area contributed by atoms with Gasteiger partial charge in [0.25, 0.3) is 0 Å². The third-order valence-corrected chi connectivity index (χ3v) is 5.04. The normalized spacial score (nSPS) is 11.1. The first kappa shape index (κ1) is 15.7. The summed E-state index contributed by atoms with van der Waals surface area (Å²) in [5, 5.41) is 7.91. The van der Waals surface area contributed by atoms with Crippen LogP contribution in [0.25, 0.3) is 10.2 Å². The number of rotatable bonds is 4. The van der Waals surface area contributed by atoms with Crippen LogP contribution in [0.1, 0.15) is 29.4 Å². The van der Waals surface area contributed by atoms with E-state index in [0.29, 0.717) is 11.6 Å². The Kier molecular flexibility index (Phi) is 4.17. The first-order valence-corrected chi connectivity index (χ1v) is 8.48. The molecule has 0 aliphatic heterocycles. The summed E-state index contributed by atoms with van der Waals surface area (Å²) in [5.74, 6) is -0.0565. The highest BCUT2D eigenvalue weighted by molar-refractivity contribution is 7.22. The third-order valence-electron chi connectivity index (χ3n) is 4.10. The summed E-state index contributed by atoms with van der Waals surface area (Å²) in [6.45, 7) is 6.04. The molecule has 23 heavy (non-hydrogen) atoms. The standard InChI is InChI=1S/C17H20N4OS/c1-5-12-6-7-14-15(8-12)23-17(18-14)19-16(22)9-13-10(2)20-21(4)11(13)3/h6-8H,5,9H2,1-4H3,(H,18,19,22). The summed E-state index contributed by atoms with van der Waals surface area (Å²) >= 11 is 1.52. The SMILES string of the molecule is CCc1ccc2nc(NC(=O)Cc3c(C)nn(C)c3C)sc2c1. The van der Waals surface area contributed by atoms with Gasteiger partial charge in [0.05, 0.1) is 22.3 Å². The molecule has 1 aromatic carbocycles. The molecular formula is C17H20N4OS. The Labute approximate surface area is 139 Å². The van der Waals surface area contributed by atoms with E-state index in [1.807, 2.05) is 31.6 Å². The topological polar surface area (TPSA) is 59.8 Å². The molecule has 0 fully saturated rings. The Bertz CT molecular complexity index is 878. The molecule has 0 aliphatic rings. The molecule has 0 unspecified atom stereocenters. The predicted octanol–water partition coefficient (Wildman–Crippen LogP) is 3.39. The van der Waals surface area contributed by atoms with Crippen LogP contribution < -0.4 is 5.32 Å². The zero-order valence-corrected chi connectivity index (χ0v) is 14.6. The average molecular weight is 328 g/mol. The maximum absolute atomic E-state index is 12.3. The number of thiazole rings is 1. The number of hydrogen-bond acceptors (Lipinski definition) is 4. The van der Waals surface area contributed by atoms with Crippen molar-refractivity contribution < 1.29 is 4.79 Å². The highest BCUT2D eigenvalue weighted by Gasteiger charge is 2.15. The molecule has 3 aromatic rings. The fourth-order valence-electron chi connectivity index (χ4n) is 2.64. The number of nitrogens with one attached hydrogen (secondary N) is 1. The van der Waals surface area contributed by atoms with Crippen molar-refractivity contribution in [1.29, 1.82) is 0 Å². The van der Waals surface area contributed by atoms with Gasteiger partial charge in [0.1, 0.15) is 0 Å². The number of aromatic nitrogens is 3. The van der Waals surface area contributed by atoms with Crippen LogP contribution in [-0.2, 0) is 24.7 Å². The quantitative estimate of drug-likeness (QED) is 0.798. The van der Waals surface area contributed by atoms with E-state index in [9.17, 15) is 4.79 Å². The van der Waals surface area contributed by atoms with Crippen molar-refractivity contribution in [3.05, 3.63) is 40.7 Å². The Hall–Kier alpha value is -2.21. The fraction of sp³-hybridized carbons (Fsp3) is 0.353. The van der Waals surface area contributed by atoms with Gasteiger partial charge in [0.2, 0.25) is 5.91 Å². The molecule has 2 heterocycles. The molecule has 0 radical (unpaired) electrons. The van der Waals surface area contributed by atoms with Crippen LogP contribution in [0.2, 0.25) is 0 Å². The van der Waals surface area contributed by atoms with Crippen molar-refractivity contribution in [2.45, 2.75) is 33.6 Å². The summed E-state index contributed by atoms with van der Waals surface area (Å²) < 4.78 is 2.91. The number of anilines is 1. The number of nitrogens with zero attached hydrogens (tertiary/aromatic N) is 3. The van der Waals surface area contributed by atoms with Crippen LogP contribution in [-0.4, -0.2) is 20.7 Å². The van der Waals surface area contributed by atoms with Crippen LogP contribution in [0.5, 0.6) is 0 Å². The summed E-state index contributed by atoms with van der Waals surface area (Å²) in [4.78, 5) is 16.8. The van der Waals surface area contributed by atoms with E-state index in [1.54, 1.807) is 0 Å². The van der Waals surface area contributed by atoms with E-state index in [4.69, 9.17) is 0 Å². The van der Waals surface area contributed by atoms with E-state index in [2.05, 4.69) is 34.5 Å². The smallest absolute Gasteiger partial charge is 0.230 e. The molecule has 3 rings (SSSR count). The van der Waals surface area contributed by atoms with Gasteiger partial charge in [-0.25, -0.2) is 4.98 Å². The summed E-state index contributed by atoms with van der Waals surface area (Å²) in [6.07, 6.45) is 1.32. The van der Waals surface area contributed by atoms with Crippen LogP contribution >= 0.6 is 11.3 Å². The monoisotopic (exact) mass is 328 g/mol. The Morgan fingerprint density at radius 2 is 2.13 bits per heavy atom. The third kappa shape index (κ3) is 3.12. The van der Waals surface area contributed by atoms with E-state index in [1.165, 1.54) is 16.9 Å². The van der Waals surface area contributed by atoms with Crippen molar-refractivity contribution in [2.75, 3.05) is 5.32 Å². The molecular weight excluding hydrogens is 308 g/mol. The first-order chi connectivity index (χ1) is 11.0. The molecule has 2 aromatic heterocycles. The van der Waals surface area contributed by atoms with Crippen LogP contribution in [0.3, 0.4) is 0 Å². The van der Waals surface area contributed by atoms with Gasteiger partial charge in [-0.3, -0.25) is 9.48 Å². The lowest BCUT2D eigenvalue weighted by Gasteiger charge is -2.02. The van der Waals surface area contributed by atoms with Crippen LogP contribution in [0.15, 0.2) is 18.2 Å². The van der Waals surface area contributed by atoms with Gasteiger partial charge in [-0.2, -0.15) is 5.10 Å². The number of carbonyl (C=O) groups excluding carboxylic acids is 1. The Morgan fingerprint density at radius 3 is 2.78 bits per heavy atom. The highest BCUT2D eigenvalue weighted by atomic mass is 32.1. The van der Waals surface area contributed by atoms with Gasteiger partial charge in [-0.05, 0) is 38.0 Å². The van der Waals surface area contributed by atoms with Gasteiger partial charge in [-0.15, -0.1) is 0 Å². The molecule has 6 heteroatoms. The number of carbonyl (C=O) groups is 1. The van der Waals surface area contributed by atoms with Gasteiger partial charge in [0.15, 0.2) is 5.13 Å². The first-order valence-electron chi connectivity index (χ1n) is 7.66. The summed E-state index contributed by atoms with van der Waals surface area (Å²) in [5.41, 5.74) is 5.11. The highest BCUT2D eigenvalue weighted by Crippen LogP contribution is 2.27. The minimum absolute atomic E-state index is 0.0565. The largest absolute Gasteiger partial charge is 0.302 e. The predicted molar refractivity (Wildman–Crippen MR) is 94.0 cm³/mol. The molecule has 0 atom stereocenters. The minimum Gasteiger partial charge on any atom is -0.302 e. The minimum atomic E-state index is -0.0565. The second-order valence-electron chi connectivity index (χ2n) is 5.67. The molecule has 0 saturated heterocycles. The van der Waals surface area contributed by atoms with Crippen molar-refractivity contribution >= 4 is 32.6 Å². The van der Waals surface area contributed by atoms with E-state index in [-0.39, 0.29) is 5.91 Å². The summed E-state index contributed by atoms with van der Waals surface area (Å²) in [6, 6.07) is 6.23. The van der Waals surface area contributed by atoms with E-state index >= 15 is 0 Å². The van der Waals surface area contributed by atoms with Gasteiger partial charge in [0, 0.05) is 18.3 Å². The van der Waals surface area contributed by atoms with Crippen LogP contribution in [0, 0.1) is 13.8 Å². The number of benzene rings is 1. The molecule has 5 nitrogen and oxygen atoms in total. The van der Waals surface area contributed by atoms with E-state index < -0.39 is 0 Å². The second-order valence-corrected chi connectivity index (χ2v) is 6.70. The molecule has 1 amide bonds. The lowest BCUT2D eigenvalue weighted by Crippen LogP contribution is -2.15. The fourth-order valence-corrected chi connectivity index (χ4v) is 3.59. The maximum atomic E-state index is 12.3. The molecule has 0 bridgehead atoms. The second kappa shape index (κ2) is 6.12. The Morgan fingerprint density at radius 1 is 1.35 bits per heavy atom. The van der Waals surface area contributed by atoms with E-state index in [0.717, 1.165) is 33.6 Å². The Balaban J connectivity index is 1.77. The van der Waals surface area contributed by atoms with Crippen molar-refractivity contribution in [2.24, 2.45) is 7.05 Å². The lowest BCUT2D eigenvalue weighted by atomic mass is 10.1. The number of fused-ring (bicyclic) bond motifs is 1. The summed E-state index contributed by atoms with van der Waals surface area (Å²) in [7, 11) is 1.89. The van der Waals surface area contributed by atoms with Crippen molar-refractivity contribution in [1.82, 2.24) is 14.8 Å². The number of aryl methyl sites for hydroxylation is 3.